The van der Waals surface area contributed by atoms with E-state index in [1.807, 2.05) is 6.07 Å². The van der Waals surface area contributed by atoms with Crippen molar-refractivity contribution in [2.75, 3.05) is 66.1 Å². The third kappa shape index (κ3) is 12.4. The number of hydrogen-bond donors (Lipinski definition) is 0. The standard InChI is InChI=1S/C19H28O7/c1-2-21-8-9-22-10-11-23-12-13-24-14-15-25-16-17-26-19(20)18-6-4-3-5-7-18/h2-7H,1,8-17H2. The molecule has 1 rings (SSSR count). The average Bonchev–Trinajstić information content (AvgIpc) is 2.68. The normalized spacial score (nSPS) is 10.5. The van der Waals surface area contributed by atoms with E-state index in [-0.39, 0.29) is 12.6 Å². The maximum absolute atomic E-state index is 11.7. The summed E-state index contributed by atoms with van der Waals surface area (Å²) in [5.41, 5.74) is 0.534. The molecule has 0 heterocycles. The molecule has 0 aromatic heterocycles. The highest BCUT2D eigenvalue weighted by molar-refractivity contribution is 5.89. The van der Waals surface area contributed by atoms with Crippen molar-refractivity contribution in [1.82, 2.24) is 0 Å². The van der Waals surface area contributed by atoms with Crippen LogP contribution >= 0.6 is 0 Å². The Bertz CT molecular complexity index is 464. The van der Waals surface area contributed by atoms with Crippen molar-refractivity contribution in [2.24, 2.45) is 0 Å². The molecule has 0 unspecified atom stereocenters. The van der Waals surface area contributed by atoms with E-state index in [0.717, 1.165) is 0 Å². The summed E-state index contributed by atoms with van der Waals surface area (Å²) in [5, 5.41) is 0. The summed E-state index contributed by atoms with van der Waals surface area (Å²) < 4.78 is 31.3. The quantitative estimate of drug-likeness (QED) is 0.237. The van der Waals surface area contributed by atoms with Gasteiger partial charge < -0.3 is 28.4 Å². The van der Waals surface area contributed by atoms with Gasteiger partial charge in [0.1, 0.15) is 13.2 Å². The maximum atomic E-state index is 11.7. The zero-order chi connectivity index (χ0) is 18.7. The molecule has 26 heavy (non-hydrogen) atoms. The number of hydrogen-bond acceptors (Lipinski definition) is 7. The van der Waals surface area contributed by atoms with Crippen LogP contribution in [0, 0.1) is 0 Å². The maximum Gasteiger partial charge on any atom is 0.338 e. The minimum absolute atomic E-state index is 0.217. The van der Waals surface area contributed by atoms with Crippen molar-refractivity contribution in [3.05, 3.63) is 48.7 Å². The molecule has 0 aliphatic rings. The van der Waals surface area contributed by atoms with Crippen LogP contribution in [0.4, 0.5) is 0 Å². The van der Waals surface area contributed by atoms with Gasteiger partial charge in [-0.25, -0.2) is 4.79 Å². The first-order valence-corrected chi connectivity index (χ1v) is 8.60. The number of benzene rings is 1. The Morgan fingerprint density at radius 2 is 1.19 bits per heavy atom. The van der Waals surface area contributed by atoms with Crippen LogP contribution in [-0.2, 0) is 28.4 Å². The van der Waals surface area contributed by atoms with Gasteiger partial charge >= 0.3 is 5.97 Å². The lowest BCUT2D eigenvalue weighted by atomic mass is 10.2. The number of carbonyl (C=O) groups excluding carboxylic acids is 1. The molecule has 0 bridgehead atoms. The Morgan fingerprint density at radius 3 is 1.69 bits per heavy atom. The summed E-state index contributed by atoms with van der Waals surface area (Å²) in [6.07, 6.45) is 1.39. The predicted octanol–water partition coefficient (Wildman–Crippen LogP) is 2.07. The minimum Gasteiger partial charge on any atom is -0.499 e. The van der Waals surface area contributed by atoms with Crippen LogP contribution < -0.4 is 0 Å². The molecule has 7 heteroatoms. The van der Waals surface area contributed by atoms with Crippen molar-refractivity contribution in [3.8, 4) is 0 Å². The lowest BCUT2D eigenvalue weighted by Gasteiger charge is -2.08. The fraction of sp³-hybridized carbons (Fsp3) is 0.526. The first kappa shape index (κ1) is 22.1. The van der Waals surface area contributed by atoms with Crippen LogP contribution in [0.5, 0.6) is 0 Å². The van der Waals surface area contributed by atoms with Gasteiger partial charge in [-0.05, 0) is 12.1 Å². The fourth-order valence-electron chi connectivity index (χ4n) is 1.80. The zero-order valence-corrected chi connectivity index (χ0v) is 15.1. The van der Waals surface area contributed by atoms with Gasteiger partial charge in [0, 0.05) is 0 Å². The second kappa shape index (κ2) is 16.5. The van der Waals surface area contributed by atoms with E-state index in [1.165, 1.54) is 6.26 Å². The van der Waals surface area contributed by atoms with Gasteiger partial charge in [0.25, 0.3) is 0 Å². The van der Waals surface area contributed by atoms with Crippen LogP contribution in [0.1, 0.15) is 10.4 Å². The number of ether oxygens (including phenoxy) is 6. The molecule has 1 aromatic carbocycles. The van der Waals surface area contributed by atoms with Gasteiger partial charge in [-0.2, -0.15) is 0 Å². The summed E-state index contributed by atoms with van der Waals surface area (Å²) in [6.45, 7) is 7.94. The highest BCUT2D eigenvalue weighted by Gasteiger charge is 2.04. The first-order valence-electron chi connectivity index (χ1n) is 8.60. The van der Waals surface area contributed by atoms with Crippen molar-refractivity contribution in [3.63, 3.8) is 0 Å². The van der Waals surface area contributed by atoms with E-state index >= 15 is 0 Å². The van der Waals surface area contributed by atoms with Gasteiger partial charge in [0.2, 0.25) is 0 Å². The second-order valence-electron chi connectivity index (χ2n) is 4.99. The summed E-state index contributed by atoms with van der Waals surface area (Å²) in [5.74, 6) is -0.347. The van der Waals surface area contributed by atoms with Crippen LogP contribution in [-0.4, -0.2) is 72.0 Å². The molecule has 146 valence electrons. The minimum atomic E-state index is -0.347. The van der Waals surface area contributed by atoms with Gasteiger partial charge in [-0.3, -0.25) is 0 Å². The Labute approximate surface area is 154 Å². The Morgan fingerprint density at radius 1 is 0.731 bits per heavy atom. The number of esters is 1. The topological polar surface area (TPSA) is 72.5 Å². The molecule has 0 saturated carbocycles. The van der Waals surface area contributed by atoms with Crippen molar-refractivity contribution < 1.29 is 33.2 Å². The van der Waals surface area contributed by atoms with E-state index in [9.17, 15) is 4.79 Å². The Balaban J connectivity index is 1.77. The predicted molar refractivity (Wildman–Crippen MR) is 96.1 cm³/mol. The third-order valence-corrected chi connectivity index (χ3v) is 3.05. The number of carbonyl (C=O) groups is 1. The fourth-order valence-corrected chi connectivity index (χ4v) is 1.80. The van der Waals surface area contributed by atoms with E-state index < -0.39 is 0 Å². The van der Waals surface area contributed by atoms with E-state index in [2.05, 4.69) is 6.58 Å². The van der Waals surface area contributed by atoms with Gasteiger partial charge in [0.15, 0.2) is 0 Å². The molecular weight excluding hydrogens is 340 g/mol. The van der Waals surface area contributed by atoms with E-state index in [0.29, 0.717) is 65.0 Å². The third-order valence-electron chi connectivity index (χ3n) is 3.05. The second-order valence-corrected chi connectivity index (χ2v) is 4.99. The summed E-state index contributed by atoms with van der Waals surface area (Å²) in [6, 6.07) is 8.85. The van der Waals surface area contributed by atoms with E-state index in [4.69, 9.17) is 28.4 Å². The molecule has 0 fully saturated rings. The SMILES string of the molecule is C=COCCOCCOCCOCCOCCOC(=O)c1ccccc1. The lowest BCUT2D eigenvalue weighted by molar-refractivity contribution is -0.0118. The Hall–Kier alpha value is -1.93. The largest absolute Gasteiger partial charge is 0.499 e. The van der Waals surface area contributed by atoms with Gasteiger partial charge in [-0.15, -0.1) is 0 Å². The van der Waals surface area contributed by atoms with Crippen molar-refractivity contribution >= 4 is 5.97 Å². The number of rotatable bonds is 17. The van der Waals surface area contributed by atoms with Crippen LogP contribution in [0.25, 0.3) is 0 Å². The van der Waals surface area contributed by atoms with Crippen LogP contribution in [0.15, 0.2) is 43.2 Å². The molecule has 0 aliphatic heterocycles. The highest BCUT2D eigenvalue weighted by atomic mass is 16.6. The molecule has 0 atom stereocenters. The van der Waals surface area contributed by atoms with Crippen LogP contribution in [0.3, 0.4) is 0 Å². The zero-order valence-electron chi connectivity index (χ0n) is 15.1. The van der Waals surface area contributed by atoms with Crippen LogP contribution in [0.2, 0.25) is 0 Å². The molecule has 0 N–H and O–H groups in total. The van der Waals surface area contributed by atoms with Crippen molar-refractivity contribution in [2.45, 2.75) is 0 Å². The van der Waals surface area contributed by atoms with Gasteiger partial charge in [0.05, 0.1) is 64.7 Å². The molecular formula is C19H28O7. The van der Waals surface area contributed by atoms with Crippen molar-refractivity contribution in [1.29, 1.82) is 0 Å². The lowest BCUT2D eigenvalue weighted by Crippen LogP contribution is -2.14. The average molecular weight is 368 g/mol. The first-order chi connectivity index (χ1) is 12.8. The summed E-state index contributed by atoms with van der Waals surface area (Å²) in [7, 11) is 0. The molecule has 0 spiro atoms. The van der Waals surface area contributed by atoms with E-state index in [1.54, 1.807) is 24.3 Å². The van der Waals surface area contributed by atoms with Gasteiger partial charge in [-0.1, -0.05) is 24.8 Å². The highest BCUT2D eigenvalue weighted by Crippen LogP contribution is 2.00. The molecule has 0 saturated heterocycles. The molecule has 0 amide bonds. The summed E-state index contributed by atoms with van der Waals surface area (Å²) in [4.78, 5) is 11.7. The smallest absolute Gasteiger partial charge is 0.338 e. The molecule has 7 nitrogen and oxygen atoms in total. The molecule has 0 aliphatic carbocycles. The summed E-state index contributed by atoms with van der Waals surface area (Å²) >= 11 is 0. The molecule has 0 radical (unpaired) electrons. The Kier molecular flexibility index (Phi) is 14.1. The monoisotopic (exact) mass is 368 g/mol. The molecule has 1 aromatic rings.